The summed E-state index contributed by atoms with van der Waals surface area (Å²) in [6, 6.07) is 0.404. The third kappa shape index (κ3) is 1.42. The zero-order valence-electron chi connectivity index (χ0n) is 7.01. The smallest absolute Gasteiger partial charge is 0.0697 e. The second-order valence-electron chi connectivity index (χ2n) is 3.99. The minimum absolute atomic E-state index is 0.220. The Hall–Kier alpha value is -0.0800. The van der Waals surface area contributed by atoms with Crippen LogP contribution in [0.25, 0.3) is 0 Å². The second-order valence-corrected chi connectivity index (χ2v) is 3.99. The molecule has 2 rings (SSSR count). The number of rotatable bonds is 0. The van der Waals surface area contributed by atoms with E-state index in [2.05, 4.69) is 0 Å². The van der Waals surface area contributed by atoms with E-state index in [9.17, 15) is 0 Å². The highest BCUT2D eigenvalue weighted by molar-refractivity contribution is 4.92. The minimum atomic E-state index is 0.220. The fourth-order valence-electron chi connectivity index (χ4n) is 2.43. The number of ether oxygens (including phenoxy) is 1. The van der Waals surface area contributed by atoms with Crippen LogP contribution in [0.2, 0.25) is 0 Å². The lowest BCUT2D eigenvalue weighted by Crippen LogP contribution is -2.43. The van der Waals surface area contributed by atoms with Crippen LogP contribution in [0, 0.1) is 0 Å². The predicted octanol–water partition coefficient (Wildman–Crippen LogP) is 1.44. The van der Waals surface area contributed by atoms with Crippen LogP contribution in [0.5, 0.6) is 0 Å². The Kier molecular flexibility index (Phi) is 1.90. The van der Waals surface area contributed by atoms with Gasteiger partial charge in [0.15, 0.2) is 0 Å². The molecule has 1 unspecified atom stereocenters. The fourth-order valence-corrected chi connectivity index (χ4v) is 2.43. The lowest BCUT2D eigenvalue weighted by atomic mass is 9.89. The van der Waals surface area contributed by atoms with Gasteiger partial charge in [0, 0.05) is 12.6 Å². The molecule has 0 aromatic heterocycles. The van der Waals surface area contributed by atoms with Crippen LogP contribution in [0.3, 0.4) is 0 Å². The van der Waals surface area contributed by atoms with E-state index >= 15 is 0 Å². The van der Waals surface area contributed by atoms with E-state index in [-0.39, 0.29) is 5.60 Å². The Labute approximate surface area is 68.1 Å². The quantitative estimate of drug-likeness (QED) is 0.574. The standard InChI is InChI=1S/C9H17NO/c10-8-3-6-11-9(7-8)4-1-2-5-9/h8H,1-7,10H2. The van der Waals surface area contributed by atoms with E-state index < -0.39 is 0 Å². The first-order chi connectivity index (χ1) is 5.31. The van der Waals surface area contributed by atoms with Gasteiger partial charge in [0.2, 0.25) is 0 Å². The van der Waals surface area contributed by atoms with Crippen LogP contribution in [0.4, 0.5) is 0 Å². The fraction of sp³-hybridized carbons (Fsp3) is 1.00. The number of hydrogen-bond acceptors (Lipinski definition) is 2. The normalized spacial score (nSPS) is 36.3. The molecular weight excluding hydrogens is 138 g/mol. The maximum Gasteiger partial charge on any atom is 0.0697 e. The second kappa shape index (κ2) is 2.76. The molecule has 0 bridgehead atoms. The lowest BCUT2D eigenvalue weighted by Gasteiger charge is -2.36. The maximum absolute atomic E-state index is 5.91. The van der Waals surface area contributed by atoms with Crippen LogP contribution in [0.15, 0.2) is 0 Å². The molecule has 2 aliphatic rings. The van der Waals surface area contributed by atoms with Crippen molar-refractivity contribution in [2.24, 2.45) is 5.73 Å². The summed E-state index contributed by atoms with van der Waals surface area (Å²) in [6.45, 7) is 0.890. The molecule has 1 spiro atoms. The first-order valence-corrected chi connectivity index (χ1v) is 4.70. The maximum atomic E-state index is 5.91. The van der Waals surface area contributed by atoms with E-state index in [0.29, 0.717) is 6.04 Å². The summed E-state index contributed by atoms with van der Waals surface area (Å²) in [6.07, 6.45) is 7.34. The van der Waals surface area contributed by atoms with Gasteiger partial charge >= 0.3 is 0 Å². The number of nitrogens with two attached hydrogens (primary N) is 1. The van der Waals surface area contributed by atoms with E-state index in [1.807, 2.05) is 0 Å². The van der Waals surface area contributed by atoms with Crippen molar-refractivity contribution in [3.63, 3.8) is 0 Å². The molecule has 0 amide bonds. The summed E-state index contributed by atoms with van der Waals surface area (Å²) in [5.74, 6) is 0. The van der Waals surface area contributed by atoms with Crippen molar-refractivity contribution in [2.45, 2.75) is 50.2 Å². The van der Waals surface area contributed by atoms with Crippen molar-refractivity contribution in [1.82, 2.24) is 0 Å². The summed E-state index contributed by atoms with van der Waals surface area (Å²) in [5, 5.41) is 0. The van der Waals surface area contributed by atoms with E-state index in [4.69, 9.17) is 10.5 Å². The third-order valence-corrected chi connectivity index (χ3v) is 3.05. The summed E-state index contributed by atoms with van der Waals surface area (Å²) in [7, 11) is 0. The first kappa shape index (κ1) is 7.56. The summed E-state index contributed by atoms with van der Waals surface area (Å²) < 4.78 is 5.82. The molecule has 0 aromatic carbocycles. The molecule has 0 aromatic rings. The molecule has 0 radical (unpaired) electrons. The zero-order valence-corrected chi connectivity index (χ0v) is 7.01. The van der Waals surface area contributed by atoms with Gasteiger partial charge in [-0.25, -0.2) is 0 Å². The van der Waals surface area contributed by atoms with Gasteiger partial charge < -0.3 is 10.5 Å². The topological polar surface area (TPSA) is 35.2 Å². The van der Waals surface area contributed by atoms with Gasteiger partial charge in [-0.3, -0.25) is 0 Å². The van der Waals surface area contributed by atoms with Gasteiger partial charge in [-0.1, -0.05) is 12.8 Å². The zero-order chi connectivity index (χ0) is 7.73. The van der Waals surface area contributed by atoms with Gasteiger partial charge in [0.05, 0.1) is 5.60 Å². The molecule has 2 nitrogen and oxygen atoms in total. The molecule has 2 N–H and O–H groups in total. The van der Waals surface area contributed by atoms with E-state index in [1.54, 1.807) is 0 Å². The van der Waals surface area contributed by atoms with E-state index in [0.717, 1.165) is 19.4 Å². The van der Waals surface area contributed by atoms with Crippen LogP contribution in [0.1, 0.15) is 38.5 Å². The van der Waals surface area contributed by atoms with Gasteiger partial charge in [0.25, 0.3) is 0 Å². The molecular formula is C9H17NO. The molecule has 2 fully saturated rings. The first-order valence-electron chi connectivity index (χ1n) is 4.70. The molecule has 2 heteroatoms. The molecule has 64 valence electrons. The van der Waals surface area contributed by atoms with Gasteiger partial charge in [0.1, 0.15) is 0 Å². The van der Waals surface area contributed by atoms with Gasteiger partial charge in [-0.2, -0.15) is 0 Å². The van der Waals surface area contributed by atoms with Crippen molar-refractivity contribution < 1.29 is 4.74 Å². The Morgan fingerprint density at radius 1 is 1.27 bits per heavy atom. The minimum Gasteiger partial charge on any atom is -0.375 e. The van der Waals surface area contributed by atoms with Crippen molar-refractivity contribution in [3.8, 4) is 0 Å². The average molecular weight is 155 g/mol. The van der Waals surface area contributed by atoms with Crippen molar-refractivity contribution in [1.29, 1.82) is 0 Å². The highest BCUT2D eigenvalue weighted by Crippen LogP contribution is 2.39. The Balaban J connectivity index is 2.00. The molecule has 1 saturated carbocycles. The highest BCUT2D eigenvalue weighted by atomic mass is 16.5. The molecule has 1 aliphatic heterocycles. The third-order valence-electron chi connectivity index (χ3n) is 3.05. The van der Waals surface area contributed by atoms with Gasteiger partial charge in [-0.05, 0) is 25.7 Å². The molecule has 1 atom stereocenters. The predicted molar refractivity (Wildman–Crippen MR) is 44.4 cm³/mol. The molecule has 1 aliphatic carbocycles. The Morgan fingerprint density at radius 2 is 2.00 bits per heavy atom. The largest absolute Gasteiger partial charge is 0.375 e. The highest BCUT2D eigenvalue weighted by Gasteiger charge is 2.38. The van der Waals surface area contributed by atoms with Crippen molar-refractivity contribution in [3.05, 3.63) is 0 Å². The van der Waals surface area contributed by atoms with Crippen molar-refractivity contribution in [2.75, 3.05) is 6.61 Å². The van der Waals surface area contributed by atoms with Crippen LogP contribution < -0.4 is 5.73 Å². The molecule has 1 heterocycles. The van der Waals surface area contributed by atoms with Crippen LogP contribution in [-0.2, 0) is 4.74 Å². The molecule has 1 saturated heterocycles. The summed E-state index contributed by atoms with van der Waals surface area (Å²) >= 11 is 0. The van der Waals surface area contributed by atoms with Gasteiger partial charge in [-0.15, -0.1) is 0 Å². The van der Waals surface area contributed by atoms with Crippen LogP contribution >= 0.6 is 0 Å². The van der Waals surface area contributed by atoms with Crippen molar-refractivity contribution >= 4 is 0 Å². The molecule has 11 heavy (non-hydrogen) atoms. The van der Waals surface area contributed by atoms with Crippen LogP contribution in [-0.4, -0.2) is 18.2 Å². The SMILES string of the molecule is NC1CCOC2(CCCC2)C1. The lowest BCUT2D eigenvalue weighted by molar-refractivity contribution is -0.0790. The van der Waals surface area contributed by atoms with E-state index in [1.165, 1.54) is 25.7 Å². The monoisotopic (exact) mass is 155 g/mol. The Morgan fingerprint density at radius 3 is 2.64 bits per heavy atom. The summed E-state index contributed by atoms with van der Waals surface area (Å²) in [4.78, 5) is 0. The number of hydrogen-bond donors (Lipinski definition) is 1. The summed E-state index contributed by atoms with van der Waals surface area (Å²) in [5.41, 5.74) is 6.13. The Bertz CT molecular complexity index is 140. The average Bonchev–Trinajstić information content (AvgIpc) is 2.37.